The first kappa shape index (κ1) is 17.2. The van der Waals surface area contributed by atoms with Crippen LogP contribution in [-0.4, -0.2) is 30.2 Å². The zero-order chi connectivity index (χ0) is 16.8. The normalized spacial score (nSPS) is 12.0. The minimum Gasteiger partial charge on any atom is -0.383 e. The van der Waals surface area contributed by atoms with E-state index in [4.69, 9.17) is 16.3 Å². The molecule has 5 nitrogen and oxygen atoms in total. The monoisotopic (exact) mass is 334 g/mol. The van der Waals surface area contributed by atoms with Gasteiger partial charge in [-0.3, -0.25) is 9.59 Å². The molecule has 0 aliphatic carbocycles. The van der Waals surface area contributed by atoms with Gasteiger partial charge in [-0.2, -0.15) is 0 Å². The van der Waals surface area contributed by atoms with Crippen molar-refractivity contribution < 1.29 is 9.53 Å². The van der Waals surface area contributed by atoms with Crippen LogP contribution in [0.2, 0.25) is 5.02 Å². The minimum atomic E-state index is -0.248. The lowest BCUT2D eigenvalue weighted by Gasteiger charge is -2.14. The smallest absolute Gasteiger partial charge is 0.253 e. The number of carbonyl (C=O) groups is 1. The highest BCUT2D eigenvalue weighted by molar-refractivity contribution is 6.31. The summed E-state index contributed by atoms with van der Waals surface area (Å²) >= 11 is 6.12. The number of hydrogen-bond donors (Lipinski definition) is 1. The van der Waals surface area contributed by atoms with Gasteiger partial charge in [-0.15, -0.1) is 0 Å². The molecule has 1 heterocycles. The van der Waals surface area contributed by atoms with Gasteiger partial charge in [0.1, 0.15) is 0 Å². The van der Waals surface area contributed by atoms with Crippen LogP contribution in [-0.2, 0) is 11.3 Å². The maximum absolute atomic E-state index is 12.2. The van der Waals surface area contributed by atoms with Gasteiger partial charge in [0.05, 0.1) is 18.7 Å². The Kier molecular flexibility index (Phi) is 5.96. The van der Waals surface area contributed by atoms with Crippen LogP contribution in [0.3, 0.4) is 0 Å². The number of nitrogens with one attached hydrogen (secondary N) is 1. The second-order valence-electron chi connectivity index (χ2n) is 5.31. The molecule has 0 spiro atoms. The fourth-order valence-corrected chi connectivity index (χ4v) is 2.39. The van der Waals surface area contributed by atoms with Crippen LogP contribution in [0, 0.1) is 0 Å². The summed E-state index contributed by atoms with van der Waals surface area (Å²) in [7, 11) is 1.58. The van der Waals surface area contributed by atoms with Crippen LogP contribution in [0.15, 0.2) is 47.4 Å². The molecule has 1 atom stereocenters. The lowest BCUT2D eigenvalue weighted by Crippen LogP contribution is -2.36. The highest BCUT2D eigenvalue weighted by Crippen LogP contribution is 2.15. The third kappa shape index (κ3) is 4.68. The first-order valence-corrected chi connectivity index (χ1v) is 7.62. The molecule has 0 aliphatic heterocycles. The van der Waals surface area contributed by atoms with E-state index in [1.165, 1.54) is 16.7 Å². The first-order valence-electron chi connectivity index (χ1n) is 7.25. The Morgan fingerprint density at radius 3 is 2.74 bits per heavy atom. The van der Waals surface area contributed by atoms with Crippen LogP contribution >= 0.6 is 11.6 Å². The summed E-state index contributed by atoms with van der Waals surface area (Å²) in [6.45, 7) is 2.58. The van der Waals surface area contributed by atoms with E-state index in [1.54, 1.807) is 19.4 Å². The summed E-state index contributed by atoms with van der Waals surface area (Å²) in [6, 6.07) is 10.1. The molecule has 1 N–H and O–H groups in total. The van der Waals surface area contributed by atoms with Crippen LogP contribution in [0.1, 0.15) is 22.8 Å². The molecule has 1 amide bonds. The maximum atomic E-state index is 12.2. The number of hydrogen-bond acceptors (Lipinski definition) is 3. The van der Waals surface area contributed by atoms with E-state index in [1.807, 2.05) is 25.1 Å². The molecule has 6 heteroatoms. The topological polar surface area (TPSA) is 60.3 Å². The van der Waals surface area contributed by atoms with Gasteiger partial charge in [0.2, 0.25) is 0 Å². The number of ether oxygens (including phenoxy) is 1. The van der Waals surface area contributed by atoms with Crippen LogP contribution in [0.5, 0.6) is 0 Å². The van der Waals surface area contributed by atoms with Crippen molar-refractivity contribution in [2.24, 2.45) is 0 Å². The van der Waals surface area contributed by atoms with Gasteiger partial charge in [0, 0.05) is 30.4 Å². The summed E-state index contributed by atoms with van der Waals surface area (Å²) in [5, 5.41) is 3.40. The maximum Gasteiger partial charge on any atom is 0.253 e. The van der Waals surface area contributed by atoms with Crippen molar-refractivity contribution in [3.63, 3.8) is 0 Å². The Morgan fingerprint density at radius 1 is 1.30 bits per heavy atom. The Bertz CT molecular complexity index is 743. The van der Waals surface area contributed by atoms with Gasteiger partial charge in [0.15, 0.2) is 0 Å². The van der Waals surface area contributed by atoms with E-state index in [-0.39, 0.29) is 17.5 Å². The van der Waals surface area contributed by atoms with Gasteiger partial charge in [-0.1, -0.05) is 29.8 Å². The molecular weight excluding hydrogens is 316 g/mol. The predicted molar refractivity (Wildman–Crippen MR) is 90.1 cm³/mol. The van der Waals surface area contributed by atoms with E-state index >= 15 is 0 Å². The second-order valence-corrected chi connectivity index (χ2v) is 5.71. The zero-order valence-electron chi connectivity index (χ0n) is 13.1. The fraction of sp³-hybridized carbons (Fsp3) is 0.294. The number of amides is 1. The summed E-state index contributed by atoms with van der Waals surface area (Å²) < 4.78 is 6.46. The number of benzene rings is 1. The van der Waals surface area contributed by atoms with Gasteiger partial charge in [0.25, 0.3) is 11.5 Å². The molecule has 0 saturated carbocycles. The molecule has 2 aromatic rings. The number of rotatable bonds is 6. The molecule has 0 radical (unpaired) electrons. The molecule has 122 valence electrons. The zero-order valence-corrected chi connectivity index (χ0v) is 13.8. The molecule has 2 rings (SSSR count). The van der Waals surface area contributed by atoms with Crippen molar-refractivity contribution >= 4 is 17.5 Å². The molecular formula is C17H19ClN2O3. The summed E-state index contributed by atoms with van der Waals surface area (Å²) in [5.74, 6) is -0.248. The van der Waals surface area contributed by atoms with Gasteiger partial charge in [-0.05, 0) is 24.6 Å². The Labute approximate surface area is 139 Å². The number of halogens is 1. The SMILES string of the molecule is COCC(C)NC(=O)c1ccc(=O)n(Cc2ccccc2Cl)c1. The van der Waals surface area contributed by atoms with Crippen molar-refractivity contribution in [3.8, 4) is 0 Å². The molecule has 1 aromatic heterocycles. The van der Waals surface area contributed by atoms with Gasteiger partial charge < -0.3 is 14.6 Å². The van der Waals surface area contributed by atoms with E-state index in [2.05, 4.69) is 5.32 Å². The highest BCUT2D eigenvalue weighted by atomic mass is 35.5. The average Bonchev–Trinajstić information content (AvgIpc) is 2.51. The number of pyridine rings is 1. The lowest BCUT2D eigenvalue weighted by molar-refractivity contribution is 0.0904. The minimum absolute atomic E-state index is 0.114. The fourth-order valence-electron chi connectivity index (χ4n) is 2.20. The quantitative estimate of drug-likeness (QED) is 0.882. The molecule has 1 aromatic carbocycles. The van der Waals surface area contributed by atoms with Crippen LogP contribution in [0.4, 0.5) is 0 Å². The van der Waals surface area contributed by atoms with E-state index in [0.29, 0.717) is 23.7 Å². The second kappa shape index (κ2) is 7.94. The van der Waals surface area contributed by atoms with E-state index in [9.17, 15) is 9.59 Å². The van der Waals surface area contributed by atoms with E-state index < -0.39 is 0 Å². The third-order valence-electron chi connectivity index (χ3n) is 3.34. The lowest BCUT2D eigenvalue weighted by atomic mass is 10.2. The largest absolute Gasteiger partial charge is 0.383 e. The summed E-state index contributed by atoms with van der Waals surface area (Å²) in [5.41, 5.74) is 1.05. The predicted octanol–water partition coefficient (Wildman–Crippen LogP) is 2.31. The van der Waals surface area contributed by atoms with Crippen LogP contribution < -0.4 is 10.9 Å². The van der Waals surface area contributed by atoms with Crippen molar-refractivity contribution in [1.29, 1.82) is 0 Å². The Hall–Kier alpha value is -2.11. The average molecular weight is 335 g/mol. The molecule has 0 fully saturated rings. The number of methoxy groups -OCH3 is 1. The van der Waals surface area contributed by atoms with E-state index in [0.717, 1.165) is 5.56 Å². The Morgan fingerprint density at radius 2 is 2.04 bits per heavy atom. The van der Waals surface area contributed by atoms with Crippen LogP contribution in [0.25, 0.3) is 0 Å². The van der Waals surface area contributed by atoms with Gasteiger partial charge in [-0.25, -0.2) is 0 Å². The number of nitrogens with zero attached hydrogens (tertiary/aromatic N) is 1. The molecule has 23 heavy (non-hydrogen) atoms. The van der Waals surface area contributed by atoms with Crippen molar-refractivity contribution in [1.82, 2.24) is 9.88 Å². The van der Waals surface area contributed by atoms with Gasteiger partial charge >= 0.3 is 0 Å². The number of carbonyl (C=O) groups excluding carboxylic acids is 1. The molecule has 1 unspecified atom stereocenters. The summed E-state index contributed by atoms with van der Waals surface area (Å²) in [6.07, 6.45) is 1.54. The molecule has 0 saturated heterocycles. The molecule has 0 bridgehead atoms. The highest BCUT2D eigenvalue weighted by Gasteiger charge is 2.11. The summed E-state index contributed by atoms with van der Waals surface area (Å²) in [4.78, 5) is 24.2. The Balaban J connectivity index is 2.20. The first-order chi connectivity index (χ1) is 11.0. The standard InChI is InChI=1S/C17H19ClN2O3/c1-12(11-23-2)19-17(22)14-7-8-16(21)20(10-14)9-13-5-3-4-6-15(13)18/h3-8,10,12H,9,11H2,1-2H3,(H,19,22). The van der Waals surface area contributed by atoms with Crippen molar-refractivity contribution in [2.75, 3.05) is 13.7 Å². The molecule has 0 aliphatic rings. The third-order valence-corrected chi connectivity index (χ3v) is 3.71. The number of aromatic nitrogens is 1. The van der Waals surface area contributed by atoms with Crippen molar-refractivity contribution in [2.45, 2.75) is 19.5 Å². The van der Waals surface area contributed by atoms with Crippen molar-refractivity contribution in [3.05, 3.63) is 69.1 Å².